The van der Waals surface area contributed by atoms with E-state index in [9.17, 15) is 0 Å². The molecule has 5 rings (SSSR count). The van der Waals surface area contributed by atoms with Crippen LogP contribution in [0.2, 0.25) is 5.02 Å². The van der Waals surface area contributed by atoms with Crippen molar-refractivity contribution in [2.75, 3.05) is 19.0 Å². The minimum absolute atomic E-state index is 0.280. The van der Waals surface area contributed by atoms with Gasteiger partial charge in [-0.1, -0.05) is 53.6 Å². The third-order valence-electron chi connectivity index (χ3n) is 6.67. The summed E-state index contributed by atoms with van der Waals surface area (Å²) in [4.78, 5) is 4.65. The average Bonchev–Trinajstić information content (AvgIpc) is 3.34. The number of aliphatic imine (C=N–C) groups is 1. The van der Waals surface area contributed by atoms with Crippen LogP contribution in [0.25, 0.3) is 0 Å². The molecule has 0 fully saturated rings. The van der Waals surface area contributed by atoms with Crippen LogP contribution >= 0.6 is 11.6 Å². The molecule has 0 radical (unpaired) electrons. The topological polar surface area (TPSA) is 42.8 Å². The van der Waals surface area contributed by atoms with Crippen LogP contribution in [0.4, 0.5) is 11.4 Å². The van der Waals surface area contributed by atoms with Gasteiger partial charge in [0.15, 0.2) is 11.5 Å². The van der Waals surface area contributed by atoms with E-state index in [-0.39, 0.29) is 6.04 Å². The van der Waals surface area contributed by atoms with E-state index in [0.717, 1.165) is 17.7 Å². The minimum Gasteiger partial charge on any atom is -0.493 e. The minimum atomic E-state index is 0.280. The number of ether oxygens (including phenoxy) is 2. The summed E-state index contributed by atoms with van der Waals surface area (Å²) in [7, 11) is 1.61. The van der Waals surface area contributed by atoms with Gasteiger partial charge in [-0.05, 0) is 73.2 Å². The molecule has 0 saturated heterocycles. The highest BCUT2D eigenvalue weighted by Gasteiger charge is 2.37. The molecule has 5 heteroatoms. The van der Waals surface area contributed by atoms with Crippen LogP contribution in [0.3, 0.4) is 0 Å². The fourth-order valence-electron chi connectivity index (χ4n) is 5.06. The number of nitrogens with one attached hydrogen (secondary N) is 1. The molecule has 3 aromatic carbocycles. The van der Waals surface area contributed by atoms with Crippen LogP contribution in [0, 0.1) is 12.8 Å². The van der Waals surface area contributed by atoms with Crippen molar-refractivity contribution in [3.05, 3.63) is 94.0 Å². The summed E-state index contributed by atoms with van der Waals surface area (Å²) < 4.78 is 11.0. The molecule has 1 heterocycles. The molecule has 0 bridgehead atoms. The number of rotatable bonds is 6. The van der Waals surface area contributed by atoms with Crippen LogP contribution in [0.15, 0.2) is 71.7 Å². The molecule has 4 nitrogen and oxygen atoms in total. The van der Waals surface area contributed by atoms with Gasteiger partial charge in [0.25, 0.3) is 0 Å². The van der Waals surface area contributed by atoms with Crippen LogP contribution in [-0.2, 0) is 0 Å². The molecular formula is C29H29ClN2O2. The molecule has 174 valence electrons. The Morgan fingerprint density at radius 1 is 1.12 bits per heavy atom. The molecule has 34 heavy (non-hydrogen) atoms. The number of methoxy groups -OCH3 is 1. The first kappa shape index (κ1) is 22.5. The second-order valence-electron chi connectivity index (χ2n) is 8.88. The largest absolute Gasteiger partial charge is 0.493 e. The first-order valence-corrected chi connectivity index (χ1v) is 12.1. The summed E-state index contributed by atoms with van der Waals surface area (Å²) in [5.74, 6) is 2.16. The summed E-state index contributed by atoms with van der Waals surface area (Å²) >= 11 is 6.39. The molecule has 0 unspecified atom stereocenters. The highest BCUT2D eigenvalue weighted by Crippen LogP contribution is 2.50. The lowest BCUT2D eigenvalue weighted by atomic mass is 9.76. The molecule has 1 aliphatic heterocycles. The van der Waals surface area contributed by atoms with Gasteiger partial charge in [-0.2, -0.15) is 0 Å². The second kappa shape index (κ2) is 9.55. The zero-order valence-electron chi connectivity index (χ0n) is 19.7. The van der Waals surface area contributed by atoms with Crippen molar-refractivity contribution >= 4 is 29.2 Å². The lowest BCUT2D eigenvalue weighted by molar-refractivity contribution is 0.311. The standard InChI is InChI=1S/C29H29ClN2O2/c1-4-34-29-25(30)15-19(16-27(29)33-3)17-31-21-11-9-20(10-12-21)28-23-7-5-6-22(23)24-14-18(2)8-13-26(24)32-28/h5-6,8-17,22-23,28,32H,4,7H2,1-3H3/t22-,23+,28-/m0/s1. The lowest BCUT2D eigenvalue weighted by Gasteiger charge is -2.37. The predicted molar refractivity (Wildman–Crippen MR) is 140 cm³/mol. The fraction of sp³-hybridized carbons (Fsp3) is 0.276. The number of fused-ring (bicyclic) bond motifs is 3. The highest BCUT2D eigenvalue weighted by atomic mass is 35.5. The zero-order valence-corrected chi connectivity index (χ0v) is 20.5. The summed E-state index contributed by atoms with van der Waals surface area (Å²) in [5.41, 5.74) is 7.00. The van der Waals surface area contributed by atoms with Gasteiger partial charge < -0.3 is 14.8 Å². The normalized spacial score (nSPS) is 20.6. The Kier molecular flexibility index (Phi) is 6.34. The molecule has 2 aliphatic rings. The molecule has 0 aromatic heterocycles. The van der Waals surface area contributed by atoms with Crippen LogP contribution < -0.4 is 14.8 Å². The molecule has 0 amide bonds. The Labute approximate surface area is 206 Å². The van der Waals surface area contributed by atoms with Gasteiger partial charge in [0.2, 0.25) is 0 Å². The number of anilines is 1. The van der Waals surface area contributed by atoms with E-state index in [4.69, 9.17) is 21.1 Å². The predicted octanol–water partition coefficient (Wildman–Crippen LogP) is 7.63. The summed E-state index contributed by atoms with van der Waals surface area (Å²) in [6.07, 6.45) is 7.60. The third kappa shape index (κ3) is 4.30. The first-order valence-electron chi connectivity index (χ1n) is 11.8. The van der Waals surface area contributed by atoms with Gasteiger partial charge in [0, 0.05) is 17.8 Å². The number of allylic oxidation sites excluding steroid dienone is 2. The molecular weight excluding hydrogens is 444 g/mol. The average molecular weight is 473 g/mol. The van der Waals surface area contributed by atoms with Crippen molar-refractivity contribution in [2.24, 2.45) is 10.9 Å². The Morgan fingerprint density at radius 3 is 2.71 bits per heavy atom. The number of benzene rings is 3. The van der Waals surface area contributed by atoms with E-state index in [1.165, 1.54) is 22.4 Å². The van der Waals surface area contributed by atoms with Crippen LogP contribution in [0.5, 0.6) is 11.5 Å². The molecule has 3 atom stereocenters. The lowest BCUT2D eigenvalue weighted by Crippen LogP contribution is -2.29. The van der Waals surface area contributed by atoms with Crippen molar-refractivity contribution in [1.29, 1.82) is 0 Å². The van der Waals surface area contributed by atoms with E-state index < -0.39 is 0 Å². The molecule has 3 aromatic rings. The SMILES string of the molecule is CCOc1c(Cl)cc(C=Nc2ccc([C@@H]3Nc4ccc(C)cc4[C@H]4C=CC[C@H]43)cc2)cc1OC. The maximum absolute atomic E-state index is 6.39. The van der Waals surface area contributed by atoms with Gasteiger partial charge in [-0.15, -0.1) is 0 Å². The Hall–Kier alpha value is -3.24. The first-order chi connectivity index (χ1) is 16.6. The van der Waals surface area contributed by atoms with Gasteiger partial charge in [-0.3, -0.25) is 4.99 Å². The molecule has 0 spiro atoms. The van der Waals surface area contributed by atoms with E-state index in [0.29, 0.717) is 35.0 Å². The Balaban J connectivity index is 1.36. The zero-order chi connectivity index (χ0) is 23.7. The Morgan fingerprint density at radius 2 is 1.94 bits per heavy atom. The number of hydrogen-bond donors (Lipinski definition) is 1. The van der Waals surface area contributed by atoms with E-state index in [1.807, 2.05) is 19.1 Å². The second-order valence-corrected chi connectivity index (χ2v) is 9.29. The van der Waals surface area contributed by atoms with E-state index >= 15 is 0 Å². The monoisotopic (exact) mass is 472 g/mol. The number of nitrogens with zero attached hydrogens (tertiary/aromatic N) is 1. The van der Waals surface area contributed by atoms with Crippen LogP contribution in [0.1, 0.15) is 47.6 Å². The number of aryl methyl sites for hydroxylation is 1. The molecule has 1 aliphatic carbocycles. The van der Waals surface area contributed by atoms with Crippen molar-refractivity contribution in [1.82, 2.24) is 0 Å². The maximum Gasteiger partial charge on any atom is 0.179 e. The summed E-state index contributed by atoms with van der Waals surface area (Å²) in [5, 5.41) is 4.32. The van der Waals surface area contributed by atoms with Crippen LogP contribution in [-0.4, -0.2) is 19.9 Å². The van der Waals surface area contributed by atoms with Gasteiger partial charge >= 0.3 is 0 Å². The van der Waals surface area contributed by atoms with Gasteiger partial charge in [0.1, 0.15) is 0 Å². The van der Waals surface area contributed by atoms with Crippen molar-refractivity contribution < 1.29 is 9.47 Å². The van der Waals surface area contributed by atoms with E-state index in [2.05, 4.69) is 71.8 Å². The number of hydrogen-bond acceptors (Lipinski definition) is 4. The number of halogens is 1. The quantitative estimate of drug-likeness (QED) is 0.296. The smallest absolute Gasteiger partial charge is 0.179 e. The van der Waals surface area contributed by atoms with Crippen molar-refractivity contribution in [2.45, 2.75) is 32.2 Å². The van der Waals surface area contributed by atoms with Gasteiger partial charge in [0.05, 0.1) is 30.5 Å². The molecule has 1 N–H and O–H groups in total. The van der Waals surface area contributed by atoms with E-state index in [1.54, 1.807) is 13.3 Å². The summed E-state index contributed by atoms with van der Waals surface area (Å²) in [6.45, 7) is 4.60. The molecule has 0 saturated carbocycles. The Bertz CT molecular complexity index is 1250. The maximum atomic E-state index is 6.39. The fourth-order valence-corrected chi connectivity index (χ4v) is 5.33. The highest BCUT2D eigenvalue weighted by molar-refractivity contribution is 6.32. The van der Waals surface area contributed by atoms with Crippen molar-refractivity contribution in [3.63, 3.8) is 0 Å². The van der Waals surface area contributed by atoms with Gasteiger partial charge in [-0.25, -0.2) is 0 Å². The third-order valence-corrected chi connectivity index (χ3v) is 6.95. The summed E-state index contributed by atoms with van der Waals surface area (Å²) in [6, 6.07) is 19.2. The van der Waals surface area contributed by atoms with Crippen molar-refractivity contribution in [3.8, 4) is 11.5 Å².